The van der Waals surface area contributed by atoms with E-state index in [2.05, 4.69) is 10.3 Å². The topological polar surface area (TPSA) is 42.0 Å². The largest absolute Gasteiger partial charge is 0.298 e. The van der Waals surface area contributed by atoms with Crippen molar-refractivity contribution in [3.05, 3.63) is 46.0 Å². The fourth-order valence-electron chi connectivity index (χ4n) is 1.56. The molecule has 1 aromatic carbocycles. The van der Waals surface area contributed by atoms with Crippen molar-refractivity contribution in [2.45, 2.75) is 20.8 Å². The zero-order valence-corrected chi connectivity index (χ0v) is 10.9. The molecule has 4 heteroatoms. The van der Waals surface area contributed by atoms with Crippen LogP contribution in [0.5, 0.6) is 0 Å². The van der Waals surface area contributed by atoms with E-state index in [9.17, 15) is 4.79 Å². The summed E-state index contributed by atoms with van der Waals surface area (Å²) in [7, 11) is 0. The van der Waals surface area contributed by atoms with Crippen molar-refractivity contribution in [3.8, 4) is 0 Å². The Morgan fingerprint density at radius 3 is 2.71 bits per heavy atom. The molecule has 88 valence electrons. The molecule has 1 amide bonds. The lowest BCUT2D eigenvalue weighted by atomic mass is 10.1. The highest BCUT2D eigenvalue weighted by atomic mass is 32.1. The van der Waals surface area contributed by atoms with Gasteiger partial charge in [0, 0.05) is 10.9 Å². The van der Waals surface area contributed by atoms with Crippen LogP contribution in [-0.2, 0) is 0 Å². The average Bonchev–Trinajstić information content (AvgIpc) is 2.67. The molecule has 0 bridgehead atoms. The normalized spacial score (nSPS) is 10.3. The number of rotatable bonds is 2. The third-order valence-corrected chi connectivity index (χ3v) is 3.35. The summed E-state index contributed by atoms with van der Waals surface area (Å²) in [6.45, 7) is 5.81. The molecule has 0 aliphatic carbocycles. The van der Waals surface area contributed by atoms with E-state index in [1.807, 2.05) is 44.4 Å². The summed E-state index contributed by atoms with van der Waals surface area (Å²) >= 11 is 1.44. The van der Waals surface area contributed by atoms with Crippen molar-refractivity contribution in [2.75, 3.05) is 5.32 Å². The third-order valence-electron chi connectivity index (χ3n) is 2.48. The van der Waals surface area contributed by atoms with Crippen molar-refractivity contribution in [3.63, 3.8) is 0 Å². The number of aryl methyl sites for hydroxylation is 3. The molecule has 0 saturated carbocycles. The molecule has 0 aliphatic heterocycles. The molecule has 0 aliphatic rings. The van der Waals surface area contributed by atoms with Gasteiger partial charge in [0.25, 0.3) is 5.91 Å². The predicted octanol–water partition coefficient (Wildman–Crippen LogP) is 3.32. The summed E-state index contributed by atoms with van der Waals surface area (Å²) in [5.74, 6) is -0.0967. The second kappa shape index (κ2) is 4.67. The van der Waals surface area contributed by atoms with Crippen LogP contribution in [0.15, 0.2) is 23.6 Å². The van der Waals surface area contributed by atoms with Gasteiger partial charge in [0.05, 0.1) is 5.69 Å². The number of anilines is 1. The summed E-state index contributed by atoms with van der Waals surface area (Å²) in [6.07, 6.45) is 0. The van der Waals surface area contributed by atoms with Gasteiger partial charge in [-0.25, -0.2) is 4.98 Å². The molecule has 3 nitrogen and oxygen atoms in total. The Balaban J connectivity index is 2.22. The van der Waals surface area contributed by atoms with Crippen LogP contribution in [-0.4, -0.2) is 10.9 Å². The van der Waals surface area contributed by atoms with Crippen LogP contribution in [0, 0.1) is 20.8 Å². The maximum atomic E-state index is 12.1. The predicted molar refractivity (Wildman–Crippen MR) is 70.7 cm³/mol. The quantitative estimate of drug-likeness (QED) is 0.883. The van der Waals surface area contributed by atoms with Crippen molar-refractivity contribution < 1.29 is 4.79 Å². The van der Waals surface area contributed by atoms with Crippen molar-refractivity contribution >= 4 is 22.4 Å². The Bertz CT molecular complexity index is 560. The molecule has 1 N–H and O–H groups in total. The summed E-state index contributed by atoms with van der Waals surface area (Å²) in [5, 5.41) is 5.38. The summed E-state index contributed by atoms with van der Waals surface area (Å²) in [4.78, 5) is 16.3. The Morgan fingerprint density at radius 1 is 1.29 bits per heavy atom. The minimum atomic E-state index is -0.0967. The number of carbonyl (C=O) groups is 1. The summed E-state index contributed by atoms with van der Waals surface area (Å²) in [5.41, 5.74) is 3.68. The maximum Gasteiger partial charge on any atom is 0.257 e. The number of hydrogen-bond acceptors (Lipinski definition) is 3. The number of nitrogens with zero attached hydrogens (tertiary/aromatic N) is 1. The van der Waals surface area contributed by atoms with Gasteiger partial charge in [-0.1, -0.05) is 17.7 Å². The van der Waals surface area contributed by atoms with Crippen LogP contribution in [0.2, 0.25) is 0 Å². The van der Waals surface area contributed by atoms with E-state index < -0.39 is 0 Å². The molecule has 0 radical (unpaired) electrons. The van der Waals surface area contributed by atoms with E-state index in [4.69, 9.17) is 0 Å². The van der Waals surface area contributed by atoms with Crippen molar-refractivity contribution in [2.24, 2.45) is 0 Å². The Labute approximate surface area is 105 Å². The third kappa shape index (κ3) is 2.71. The van der Waals surface area contributed by atoms with Crippen molar-refractivity contribution in [1.29, 1.82) is 0 Å². The van der Waals surface area contributed by atoms with E-state index in [1.54, 1.807) is 0 Å². The van der Waals surface area contributed by atoms with Crippen LogP contribution >= 0.6 is 11.3 Å². The molecule has 0 saturated heterocycles. The van der Waals surface area contributed by atoms with Gasteiger partial charge < -0.3 is 0 Å². The van der Waals surface area contributed by atoms with E-state index in [0.29, 0.717) is 10.7 Å². The van der Waals surface area contributed by atoms with E-state index in [1.165, 1.54) is 11.3 Å². The molecular formula is C13H14N2OS. The van der Waals surface area contributed by atoms with Gasteiger partial charge in [0.1, 0.15) is 0 Å². The highest BCUT2D eigenvalue weighted by Crippen LogP contribution is 2.17. The Kier molecular flexibility index (Phi) is 3.24. The van der Waals surface area contributed by atoms with Crippen LogP contribution in [0.4, 0.5) is 5.13 Å². The number of thiazole rings is 1. The lowest BCUT2D eigenvalue weighted by molar-refractivity contribution is 0.102. The van der Waals surface area contributed by atoms with Crippen molar-refractivity contribution in [1.82, 2.24) is 4.98 Å². The Hall–Kier alpha value is -1.68. The molecule has 1 aromatic heterocycles. The second-order valence-corrected chi connectivity index (χ2v) is 4.92. The standard InChI is InChI=1S/C13H14N2OS/c1-8-4-5-9(2)11(6-8)12(16)15-13-14-10(3)7-17-13/h4-7H,1-3H3,(H,14,15,16). The van der Waals surface area contributed by atoms with E-state index in [0.717, 1.165) is 16.8 Å². The first-order valence-corrected chi connectivity index (χ1v) is 6.25. The van der Waals surface area contributed by atoms with Gasteiger partial charge >= 0.3 is 0 Å². The monoisotopic (exact) mass is 246 g/mol. The number of hydrogen-bond donors (Lipinski definition) is 1. The highest BCUT2D eigenvalue weighted by molar-refractivity contribution is 7.13. The summed E-state index contributed by atoms with van der Waals surface area (Å²) < 4.78 is 0. The number of benzene rings is 1. The molecule has 1 heterocycles. The molecular weight excluding hydrogens is 232 g/mol. The number of amides is 1. The fourth-order valence-corrected chi connectivity index (χ4v) is 2.24. The molecule has 0 fully saturated rings. The van der Waals surface area contributed by atoms with Gasteiger partial charge in [-0.05, 0) is 32.4 Å². The maximum absolute atomic E-state index is 12.1. The van der Waals surface area contributed by atoms with Crippen LogP contribution in [0.25, 0.3) is 0 Å². The van der Waals surface area contributed by atoms with E-state index >= 15 is 0 Å². The molecule has 0 unspecified atom stereocenters. The van der Waals surface area contributed by atoms with Gasteiger partial charge in [0.2, 0.25) is 0 Å². The van der Waals surface area contributed by atoms with Crippen LogP contribution in [0.1, 0.15) is 27.2 Å². The average molecular weight is 246 g/mol. The first kappa shape index (κ1) is 11.8. The number of carbonyl (C=O) groups excluding carboxylic acids is 1. The summed E-state index contributed by atoms with van der Waals surface area (Å²) in [6, 6.07) is 5.85. The molecule has 2 rings (SSSR count). The number of aromatic nitrogens is 1. The fraction of sp³-hybridized carbons (Fsp3) is 0.231. The minimum absolute atomic E-state index is 0.0967. The second-order valence-electron chi connectivity index (χ2n) is 4.07. The SMILES string of the molecule is Cc1ccc(C)c(C(=O)Nc2nc(C)cs2)c1. The highest BCUT2D eigenvalue weighted by Gasteiger charge is 2.10. The van der Waals surface area contributed by atoms with Gasteiger partial charge in [-0.15, -0.1) is 11.3 Å². The van der Waals surface area contributed by atoms with Gasteiger partial charge in [0.15, 0.2) is 5.13 Å². The smallest absolute Gasteiger partial charge is 0.257 e. The zero-order valence-electron chi connectivity index (χ0n) is 10.1. The zero-order chi connectivity index (χ0) is 12.4. The molecule has 17 heavy (non-hydrogen) atoms. The van der Waals surface area contributed by atoms with Gasteiger partial charge in [-0.2, -0.15) is 0 Å². The lowest BCUT2D eigenvalue weighted by Crippen LogP contribution is -2.13. The number of nitrogens with one attached hydrogen (secondary N) is 1. The van der Waals surface area contributed by atoms with Gasteiger partial charge in [-0.3, -0.25) is 10.1 Å². The Morgan fingerprint density at radius 2 is 2.06 bits per heavy atom. The van der Waals surface area contributed by atoms with Crippen LogP contribution in [0.3, 0.4) is 0 Å². The first-order chi connectivity index (χ1) is 8.06. The minimum Gasteiger partial charge on any atom is -0.298 e. The van der Waals surface area contributed by atoms with Crippen LogP contribution < -0.4 is 5.32 Å². The lowest BCUT2D eigenvalue weighted by Gasteiger charge is -2.06. The first-order valence-electron chi connectivity index (χ1n) is 5.37. The molecule has 0 spiro atoms. The molecule has 0 atom stereocenters. The molecule has 2 aromatic rings. The van der Waals surface area contributed by atoms with E-state index in [-0.39, 0.29) is 5.91 Å².